The van der Waals surface area contributed by atoms with E-state index in [2.05, 4.69) is 10.3 Å². The van der Waals surface area contributed by atoms with Gasteiger partial charge in [0.15, 0.2) is 0 Å². The number of aromatic amines is 1. The van der Waals surface area contributed by atoms with Crippen LogP contribution in [0.25, 0.3) is 0 Å². The van der Waals surface area contributed by atoms with Crippen molar-refractivity contribution in [3.63, 3.8) is 0 Å². The fourth-order valence-corrected chi connectivity index (χ4v) is 1.55. The Balaban J connectivity index is 2.51. The average Bonchev–Trinajstić information content (AvgIpc) is 2.66. The molecule has 1 rings (SSSR count). The minimum absolute atomic E-state index is 0.00524. The van der Waals surface area contributed by atoms with E-state index in [0.717, 1.165) is 0 Å². The van der Waals surface area contributed by atoms with E-state index in [-0.39, 0.29) is 11.6 Å². The molecule has 1 aromatic heterocycles. The van der Waals surface area contributed by atoms with Crippen molar-refractivity contribution in [2.24, 2.45) is 0 Å². The minimum Gasteiger partial charge on any atom is -0.477 e. The third-order valence-corrected chi connectivity index (χ3v) is 2.34. The quantitative estimate of drug-likeness (QED) is 0.647. The second kappa shape index (κ2) is 6.80. The molecule has 1 heterocycles. The smallest absolute Gasteiger partial charge is 0.354 e. The van der Waals surface area contributed by atoms with Gasteiger partial charge >= 0.3 is 5.97 Å². The number of carboxylic acids is 1. The zero-order valence-corrected chi connectivity index (χ0v) is 10.6. The number of nitrogens with one attached hydrogen (secondary N) is 2. The van der Waals surface area contributed by atoms with Crippen LogP contribution in [0.5, 0.6) is 0 Å². The molecule has 0 bridgehead atoms. The van der Waals surface area contributed by atoms with Gasteiger partial charge < -0.3 is 20.1 Å². The van der Waals surface area contributed by atoms with Gasteiger partial charge in [0.25, 0.3) is 0 Å². The van der Waals surface area contributed by atoms with E-state index in [1.54, 1.807) is 13.0 Å². The van der Waals surface area contributed by atoms with Crippen molar-refractivity contribution in [3.05, 3.63) is 17.5 Å². The molecular weight excluding hydrogens is 236 g/mol. The summed E-state index contributed by atoms with van der Waals surface area (Å²) in [5.74, 6) is -1.30. The van der Waals surface area contributed by atoms with Crippen molar-refractivity contribution in [1.29, 1.82) is 0 Å². The summed E-state index contributed by atoms with van der Waals surface area (Å²) in [4.78, 5) is 25.2. The number of carbonyl (C=O) groups is 2. The van der Waals surface area contributed by atoms with Crippen LogP contribution in [-0.4, -0.2) is 35.2 Å². The summed E-state index contributed by atoms with van der Waals surface area (Å²) in [7, 11) is 0. The monoisotopic (exact) mass is 254 g/mol. The number of ether oxygens (including phenoxy) is 1. The van der Waals surface area contributed by atoms with Gasteiger partial charge in [-0.1, -0.05) is 0 Å². The molecule has 0 spiro atoms. The summed E-state index contributed by atoms with van der Waals surface area (Å²) in [6, 6.07) is 1.60. The molecule has 0 aliphatic heterocycles. The molecule has 1 amide bonds. The Bertz CT molecular complexity index is 426. The first-order chi connectivity index (χ1) is 8.54. The maximum atomic E-state index is 11.6. The lowest BCUT2D eigenvalue weighted by molar-refractivity contribution is -0.116. The fraction of sp³-hybridized carbons (Fsp3) is 0.500. The number of hydrogen-bond acceptors (Lipinski definition) is 3. The van der Waals surface area contributed by atoms with E-state index < -0.39 is 5.97 Å². The number of H-pyrrole nitrogens is 1. The van der Waals surface area contributed by atoms with Gasteiger partial charge in [0.1, 0.15) is 5.69 Å². The third-order valence-electron chi connectivity index (χ3n) is 2.34. The predicted octanol–water partition coefficient (Wildman–Crippen LogP) is 1.78. The lowest BCUT2D eigenvalue weighted by Gasteiger charge is -2.04. The summed E-state index contributed by atoms with van der Waals surface area (Å²) in [5, 5.41) is 11.5. The van der Waals surface area contributed by atoms with Crippen LogP contribution in [0.1, 0.15) is 35.9 Å². The standard InChI is InChI=1S/C12H18N2O4/c1-3-18-6-4-5-10(15)14-9-7-8(2)13-11(9)12(16)17/h7,13H,3-6H2,1-2H3,(H,14,15)(H,16,17). The predicted molar refractivity (Wildman–Crippen MR) is 66.8 cm³/mol. The number of rotatable bonds is 7. The maximum absolute atomic E-state index is 11.6. The second-order valence-electron chi connectivity index (χ2n) is 3.89. The number of aryl methyl sites for hydroxylation is 1. The summed E-state index contributed by atoms with van der Waals surface area (Å²) < 4.78 is 5.12. The number of amides is 1. The average molecular weight is 254 g/mol. The van der Waals surface area contributed by atoms with Crippen LogP contribution >= 0.6 is 0 Å². The van der Waals surface area contributed by atoms with Crippen LogP contribution in [0, 0.1) is 6.92 Å². The molecule has 0 aromatic carbocycles. The molecular formula is C12H18N2O4. The molecule has 0 saturated heterocycles. The SMILES string of the molecule is CCOCCCC(=O)Nc1cc(C)[nH]c1C(=O)O. The number of carbonyl (C=O) groups excluding carboxylic acids is 1. The molecule has 18 heavy (non-hydrogen) atoms. The van der Waals surface area contributed by atoms with Crippen molar-refractivity contribution < 1.29 is 19.4 Å². The molecule has 3 N–H and O–H groups in total. The van der Waals surface area contributed by atoms with Crippen LogP contribution < -0.4 is 5.32 Å². The minimum atomic E-state index is -1.09. The van der Waals surface area contributed by atoms with E-state index in [9.17, 15) is 9.59 Å². The van der Waals surface area contributed by atoms with Crippen LogP contribution in [0.3, 0.4) is 0 Å². The van der Waals surface area contributed by atoms with Gasteiger partial charge in [-0.25, -0.2) is 4.79 Å². The first kappa shape index (κ1) is 14.2. The molecule has 0 fully saturated rings. The van der Waals surface area contributed by atoms with Gasteiger partial charge in [-0.15, -0.1) is 0 Å². The normalized spacial score (nSPS) is 10.3. The van der Waals surface area contributed by atoms with Crippen molar-refractivity contribution in [1.82, 2.24) is 4.98 Å². The van der Waals surface area contributed by atoms with Gasteiger partial charge in [0.05, 0.1) is 5.69 Å². The van der Waals surface area contributed by atoms with E-state index in [1.807, 2.05) is 6.92 Å². The lowest BCUT2D eigenvalue weighted by Crippen LogP contribution is -2.14. The molecule has 0 atom stereocenters. The molecule has 100 valence electrons. The lowest BCUT2D eigenvalue weighted by atomic mass is 10.3. The van der Waals surface area contributed by atoms with Crippen molar-refractivity contribution in [3.8, 4) is 0 Å². The largest absolute Gasteiger partial charge is 0.477 e. The molecule has 0 saturated carbocycles. The molecule has 0 unspecified atom stereocenters. The first-order valence-corrected chi connectivity index (χ1v) is 5.85. The Labute approximate surface area is 105 Å². The highest BCUT2D eigenvalue weighted by molar-refractivity contribution is 5.99. The van der Waals surface area contributed by atoms with Crippen molar-refractivity contribution in [2.75, 3.05) is 18.5 Å². The Kier molecular flexibility index (Phi) is 5.38. The van der Waals surface area contributed by atoms with Gasteiger partial charge in [-0.05, 0) is 26.3 Å². The van der Waals surface area contributed by atoms with Crippen LogP contribution in [0.15, 0.2) is 6.07 Å². The molecule has 6 nitrogen and oxygen atoms in total. The summed E-state index contributed by atoms with van der Waals surface area (Å²) >= 11 is 0. The molecule has 0 aliphatic rings. The van der Waals surface area contributed by atoms with Crippen LogP contribution in [-0.2, 0) is 9.53 Å². The third kappa shape index (κ3) is 4.21. The highest BCUT2D eigenvalue weighted by atomic mass is 16.5. The Morgan fingerprint density at radius 1 is 1.50 bits per heavy atom. The number of carboxylic acid groups (broad SMARTS) is 1. The summed E-state index contributed by atoms with van der Waals surface area (Å²) in [6.45, 7) is 4.78. The number of hydrogen-bond donors (Lipinski definition) is 3. The molecule has 6 heteroatoms. The van der Waals surface area contributed by atoms with E-state index in [1.165, 1.54) is 0 Å². The van der Waals surface area contributed by atoms with Crippen LogP contribution in [0.4, 0.5) is 5.69 Å². The zero-order chi connectivity index (χ0) is 13.5. The Morgan fingerprint density at radius 2 is 2.22 bits per heavy atom. The molecule has 0 radical (unpaired) electrons. The Morgan fingerprint density at radius 3 is 2.83 bits per heavy atom. The topological polar surface area (TPSA) is 91.4 Å². The first-order valence-electron chi connectivity index (χ1n) is 5.85. The van der Waals surface area contributed by atoms with Crippen molar-refractivity contribution >= 4 is 17.6 Å². The van der Waals surface area contributed by atoms with Gasteiger partial charge in [-0.3, -0.25) is 4.79 Å². The van der Waals surface area contributed by atoms with E-state index >= 15 is 0 Å². The Hall–Kier alpha value is -1.82. The molecule has 0 aliphatic carbocycles. The van der Waals surface area contributed by atoms with Gasteiger partial charge in [0, 0.05) is 25.3 Å². The van der Waals surface area contributed by atoms with Gasteiger partial charge in [0.2, 0.25) is 5.91 Å². The molecule has 1 aromatic rings. The van der Waals surface area contributed by atoms with Gasteiger partial charge in [-0.2, -0.15) is 0 Å². The summed E-state index contributed by atoms with van der Waals surface area (Å²) in [5.41, 5.74) is 1.00. The fourth-order valence-electron chi connectivity index (χ4n) is 1.55. The van der Waals surface area contributed by atoms with E-state index in [0.29, 0.717) is 37.4 Å². The highest BCUT2D eigenvalue weighted by Gasteiger charge is 2.14. The summed E-state index contributed by atoms with van der Waals surface area (Å²) in [6.07, 6.45) is 0.925. The second-order valence-corrected chi connectivity index (χ2v) is 3.89. The van der Waals surface area contributed by atoms with Crippen molar-refractivity contribution in [2.45, 2.75) is 26.7 Å². The number of aromatic nitrogens is 1. The van der Waals surface area contributed by atoms with Crippen LogP contribution in [0.2, 0.25) is 0 Å². The maximum Gasteiger partial charge on any atom is 0.354 e. The van der Waals surface area contributed by atoms with E-state index in [4.69, 9.17) is 9.84 Å². The zero-order valence-electron chi connectivity index (χ0n) is 10.6. The number of anilines is 1. The number of aromatic carboxylic acids is 1. The highest BCUT2D eigenvalue weighted by Crippen LogP contribution is 2.17.